The molecule has 5 aromatic rings. The van der Waals surface area contributed by atoms with Crippen molar-refractivity contribution < 1.29 is 22.4 Å². The van der Waals surface area contributed by atoms with Gasteiger partial charge in [-0.15, -0.1) is 11.8 Å². The van der Waals surface area contributed by atoms with Crippen molar-refractivity contribution in [3.63, 3.8) is 0 Å². The van der Waals surface area contributed by atoms with Gasteiger partial charge in [0.2, 0.25) is 0 Å². The SMILES string of the molecule is O=C(NCCCc1cn[nH]c1)c1ccc(SCc2ccn(-c3ccc(C(F)(F)F)cc3)n2)c(C#Cc2ccc(F)cc2)c1. The molecule has 0 aliphatic rings. The van der Waals surface area contributed by atoms with Crippen molar-refractivity contribution in [2.75, 3.05) is 6.54 Å². The number of thioether (sulfide) groups is 1. The third-order valence-electron chi connectivity index (χ3n) is 6.39. The summed E-state index contributed by atoms with van der Waals surface area (Å²) in [5, 5.41) is 14.1. The molecule has 0 bridgehead atoms. The Labute approximate surface area is 249 Å². The topological polar surface area (TPSA) is 75.6 Å². The van der Waals surface area contributed by atoms with Crippen LogP contribution in [0.25, 0.3) is 5.69 Å². The van der Waals surface area contributed by atoms with E-state index in [1.54, 1.807) is 42.7 Å². The standard InChI is InChI=1S/C32H25F4N5OS/c33-27-10-4-22(5-11-27)3-6-24-18-25(31(42)37-16-1-2-23-19-38-39-20-23)7-14-30(24)43-21-28-15-17-41(40-28)29-12-8-26(9-13-29)32(34,35)36/h4-5,7-15,17-20H,1-2,16,21H2,(H,37,42)(H,38,39). The Morgan fingerprint density at radius 2 is 1.79 bits per heavy atom. The van der Waals surface area contributed by atoms with Crippen LogP contribution in [0.4, 0.5) is 17.6 Å². The minimum Gasteiger partial charge on any atom is -0.352 e. The molecule has 0 saturated heterocycles. The van der Waals surface area contributed by atoms with Crippen molar-refractivity contribution in [2.45, 2.75) is 29.7 Å². The molecule has 0 atom stereocenters. The van der Waals surface area contributed by atoms with E-state index in [2.05, 4.69) is 32.5 Å². The monoisotopic (exact) mass is 603 g/mol. The molecule has 1 amide bonds. The molecule has 43 heavy (non-hydrogen) atoms. The minimum absolute atomic E-state index is 0.219. The summed E-state index contributed by atoms with van der Waals surface area (Å²) in [6.07, 6.45) is 2.41. The average Bonchev–Trinajstić information content (AvgIpc) is 3.70. The Morgan fingerprint density at radius 3 is 2.51 bits per heavy atom. The predicted molar refractivity (Wildman–Crippen MR) is 156 cm³/mol. The van der Waals surface area contributed by atoms with Crippen LogP contribution in [0.5, 0.6) is 0 Å². The minimum atomic E-state index is -4.40. The second kappa shape index (κ2) is 13.4. The Hall–Kier alpha value is -4.82. The molecule has 2 N–H and O–H groups in total. The molecule has 0 aliphatic heterocycles. The van der Waals surface area contributed by atoms with E-state index in [1.165, 1.54) is 40.7 Å². The highest BCUT2D eigenvalue weighted by Crippen LogP contribution is 2.30. The fourth-order valence-corrected chi connectivity index (χ4v) is 5.00. The zero-order valence-corrected chi connectivity index (χ0v) is 23.5. The molecule has 2 aromatic heterocycles. The number of benzene rings is 3. The lowest BCUT2D eigenvalue weighted by Crippen LogP contribution is -2.24. The first-order valence-electron chi connectivity index (χ1n) is 13.3. The molecule has 0 aliphatic carbocycles. The van der Waals surface area contributed by atoms with Gasteiger partial charge < -0.3 is 5.32 Å². The van der Waals surface area contributed by atoms with Crippen LogP contribution >= 0.6 is 11.8 Å². The molecule has 0 spiro atoms. The van der Waals surface area contributed by atoms with Gasteiger partial charge in [-0.1, -0.05) is 11.8 Å². The van der Waals surface area contributed by atoms with E-state index >= 15 is 0 Å². The van der Waals surface area contributed by atoms with Crippen LogP contribution < -0.4 is 5.32 Å². The smallest absolute Gasteiger partial charge is 0.352 e. The largest absolute Gasteiger partial charge is 0.416 e. The summed E-state index contributed by atoms with van der Waals surface area (Å²) in [6.45, 7) is 0.499. The van der Waals surface area contributed by atoms with Crippen LogP contribution in [0.3, 0.4) is 0 Å². The van der Waals surface area contributed by atoms with E-state index in [-0.39, 0.29) is 11.7 Å². The number of nitrogens with zero attached hydrogens (tertiary/aromatic N) is 3. The Kier molecular flexibility index (Phi) is 9.27. The van der Waals surface area contributed by atoms with Crippen LogP contribution in [0.1, 0.15) is 44.7 Å². The number of halogens is 4. The summed E-state index contributed by atoms with van der Waals surface area (Å²) in [6, 6.07) is 17.7. The number of alkyl halides is 3. The number of nitrogens with one attached hydrogen (secondary N) is 2. The Bertz CT molecular complexity index is 1740. The summed E-state index contributed by atoms with van der Waals surface area (Å²) >= 11 is 1.46. The van der Waals surface area contributed by atoms with Gasteiger partial charge in [-0.2, -0.15) is 23.4 Å². The van der Waals surface area contributed by atoms with Crippen LogP contribution in [-0.2, 0) is 18.3 Å². The van der Waals surface area contributed by atoms with Crippen LogP contribution in [-0.4, -0.2) is 32.4 Å². The van der Waals surface area contributed by atoms with Gasteiger partial charge >= 0.3 is 6.18 Å². The van der Waals surface area contributed by atoms with Crippen LogP contribution in [0.15, 0.2) is 96.3 Å². The van der Waals surface area contributed by atoms with E-state index in [0.29, 0.717) is 40.4 Å². The second-order valence-corrected chi connectivity index (χ2v) is 10.5. The molecule has 3 aromatic carbocycles. The van der Waals surface area contributed by atoms with Crippen LogP contribution in [0.2, 0.25) is 0 Å². The fourth-order valence-electron chi connectivity index (χ4n) is 4.12. The van der Waals surface area contributed by atoms with Crippen molar-refractivity contribution in [1.82, 2.24) is 25.3 Å². The van der Waals surface area contributed by atoms with Gasteiger partial charge in [0, 0.05) is 46.3 Å². The normalized spacial score (nSPS) is 11.2. The van der Waals surface area contributed by atoms with Crippen molar-refractivity contribution in [3.8, 4) is 17.5 Å². The number of aromatic nitrogens is 4. The van der Waals surface area contributed by atoms with Crippen molar-refractivity contribution in [1.29, 1.82) is 0 Å². The average molecular weight is 604 g/mol. The zero-order chi connectivity index (χ0) is 30.2. The number of aromatic amines is 1. The van der Waals surface area contributed by atoms with Gasteiger partial charge in [0.1, 0.15) is 5.82 Å². The van der Waals surface area contributed by atoms with Crippen molar-refractivity contribution >= 4 is 17.7 Å². The van der Waals surface area contributed by atoms with E-state index in [1.807, 2.05) is 12.3 Å². The second-order valence-electron chi connectivity index (χ2n) is 9.52. The molecule has 0 radical (unpaired) electrons. The highest BCUT2D eigenvalue weighted by atomic mass is 32.2. The summed E-state index contributed by atoms with van der Waals surface area (Å²) in [4.78, 5) is 13.7. The van der Waals surface area contributed by atoms with E-state index < -0.39 is 11.7 Å². The molecule has 6 nitrogen and oxygen atoms in total. The third-order valence-corrected chi connectivity index (χ3v) is 7.50. The lowest BCUT2D eigenvalue weighted by molar-refractivity contribution is -0.137. The maximum absolute atomic E-state index is 13.3. The van der Waals surface area contributed by atoms with E-state index in [9.17, 15) is 22.4 Å². The van der Waals surface area contributed by atoms with Gasteiger partial charge in [-0.05, 0) is 91.2 Å². The predicted octanol–water partition coefficient (Wildman–Crippen LogP) is 6.81. The van der Waals surface area contributed by atoms with Gasteiger partial charge in [0.25, 0.3) is 5.91 Å². The number of aryl methyl sites for hydroxylation is 1. The van der Waals surface area contributed by atoms with Gasteiger partial charge in [-0.3, -0.25) is 9.89 Å². The maximum atomic E-state index is 13.3. The highest BCUT2D eigenvalue weighted by molar-refractivity contribution is 7.98. The maximum Gasteiger partial charge on any atom is 0.416 e. The van der Waals surface area contributed by atoms with Gasteiger partial charge in [0.05, 0.1) is 23.1 Å². The molecule has 11 heteroatoms. The van der Waals surface area contributed by atoms with Crippen LogP contribution in [0, 0.1) is 17.7 Å². The fraction of sp³-hybridized carbons (Fsp3) is 0.156. The highest BCUT2D eigenvalue weighted by Gasteiger charge is 2.30. The summed E-state index contributed by atoms with van der Waals surface area (Å²) < 4.78 is 53.6. The van der Waals surface area contributed by atoms with Crippen molar-refractivity contribution in [2.24, 2.45) is 0 Å². The molecule has 2 heterocycles. The first-order valence-corrected chi connectivity index (χ1v) is 14.3. The molecular formula is C32H25F4N5OS. The number of carbonyl (C=O) groups excluding carboxylic acids is 1. The number of amides is 1. The molecule has 0 unspecified atom stereocenters. The lowest BCUT2D eigenvalue weighted by atomic mass is 10.1. The summed E-state index contributed by atoms with van der Waals surface area (Å²) in [7, 11) is 0. The zero-order valence-electron chi connectivity index (χ0n) is 22.7. The number of H-pyrrole nitrogens is 1. The number of rotatable bonds is 9. The van der Waals surface area contributed by atoms with Gasteiger partial charge in [0.15, 0.2) is 0 Å². The number of hydrogen-bond donors (Lipinski definition) is 2. The molecule has 5 rings (SSSR count). The van der Waals surface area contributed by atoms with Gasteiger partial charge in [-0.25, -0.2) is 9.07 Å². The first kappa shape index (κ1) is 29.7. The summed E-state index contributed by atoms with van der Waals surface area (Å²) in [5.41, 5.74) is 3.28. The van der Waals surface area contributed by atoms with Crippen molar-refractivity contribution in [3.05, 3.63) is 131 Å². The molecule has 0 saturated carbocycles. The number of carbonyl (C=O) groups is 1. The van der Waals surface area contributed by atoms with E-state index in [0.717, 1.165) is 35.4 Å². The van der Waals surface area contributed by atoms with E-state index in [4.69, 9.17) is 0 Å². The molecule has 218 valence electrons. The quantitative estimate of drug-likeness (QED) is 0.0841. The molecule has 0 fully saturated rings. The Balaban J connectivity index is 1.29. The third kappa shape index (κ3) is 8.14. The lowest BCUT2D eigenvalue weighted by Gasteiger charge is -2.09. The summed E-state index contributed by atoms with van der Waals surface area (Å²) in [5.74, 6) is 6.03. The first-order chi connectivity index (χ1) is 20.7. The molecular weight excluding hydrogens is 578 g/mol. The number of hydrogen-bond acceptors (Lipinski definition) is 4. The Morgan fingerprint density at radius 1 is 1.00 bits per heavy atom.